The van der Waals surface area contributed by atoms with E-state index in [1.54, 1.807) is 6.92 Å². The van der Waals surface area contributed by atoms with Crippen molar-refractivity contribution >= 4 is 28.2 Å². The van der Waals surface area contributed by atoms with Crippen LogP contribution in [0.5, 0.6) is 0 Å². The predicted octanol–water partition coefficient (Wildman–Crippen LogP) is 4.85. The van der Waals surface area contributed by atoms with Crippen LogP contribution in [0.4, 0.5) is 5.00 Å². The summed E-state index contributed by atoms with van der Waals surface area (Å²) in [6.07, 6.45) is 0.796. The summed E-state index contributed by atoms with van der Waals surface area (Å²) in [5.74, 6) is -0.560. The van der Waals surface area contributed by atoms with Gasteiger partial charge in [-0.1, -0.05) is 39.8 Å². The number of rotatable bonds is 5. The molecule has 1 aliphatic heterocycles. The van der Waals surface area contributed by atoms with Gasteiger partial charge in [0.2, 0.25) is 0 Å². The Morgan fingerprint density at radius 1 is 1.17 bits per heavy atom. The van der Waals surface area contributed by atoms with Crippen molar-refractivity contribution < 1.29 is 14.3 Å². The van der Waals surface area contributed by atoms with E-state index in [1.165, 1.54) is 16.9 Å². The van der Waals surface area contributed by atoms with Crippen molar-refractivity contribution in [2.24, 2.45) is 0 Å². The molecule has 156 valence electrons. The van der Waals surface area contributed by atoms with Crippen LogP contribution in [0.2, 0.25) is 0 Å². The average Bonchev–Trinajstić information content (AvgIpc) is 3.04. The van der Waals surface area contributed by atoms with Gasteiger partial charge in [0.15, 0.2) is 0 Å². The third kappa shape index (κ3) is 4.70. The third-order valence-electron chi connectivity index (χ3n) is 5.30. The summed E-state index contributed by atoms with van der Waals surface area (Å²) in [4.78, 5) is 29.0. The van der Waals surface area contributed by atoms with Crippen LogP contribution in [0.15, 0.2) is 24.3 Å². The van der Waals surface area contributed by atoms with Crippen LogP contribution in [0.25, 0.3) is 0 Å². The molecule has 0 radical (unpaired) electrons. The van der Waals surface area contributed by atoms with Gasteiger partial charge in [-0.3, -0.25) is 9.69 Å². The zero-order chi connectivity index (χ0) is 21.2. The average molecular weight is 415 g/mol. The molecule has 0 bridgehead atoms. The summed E-state index contributed by atoms with van der Waals surface area (Å²) < 4.78 is 5.29. The highest BCUT2D eigenvalue weighted by Crippen LogP contribution is 2.38. The summed E-state index contributed by atoms with van der Waals surface area (Å²) in [6.45, 7) is 13.4. The monoisotopic (exact) mass is 414 g/mol. The zero-order valence-electron chi connectivity index (χ0n) is 17.9. The highest BCUT2D eigenvalue weighted by molar-refractivity contribution is 7.17. The number of hydrogen-bond donors (Lipinski definition) is 1. The molecular weight excluding hydrogens is 384 g/mol. The van der Waals surface area contributed by atoms with Gasteiger partial charge >= 0.3 is 5.97 Å². The lowest BCUT2D eigenvalue weighted by Gasteiger charge is -2.25. The molecule has 2 aromatic rings. The molecule has 5 nitrogen and oxygen atoms in total. The Morgan fingerprint density at radius 2 is 1.86 bits per heavy atom. The van der Waals surface area contributed by atoms with E-state index >= 15 is 0 Å². The molecule has 1 N–H and O–H groups in total. The minimum absolute atomic E-state index is 0.0318. The number of likely N-dealkylation sites (N-methyl/N-ethyl adjacent to an activating group) is 1. The van der Waals surface area contributed by atoms with Crippen molar-refractivity contribution in [3.63, 3.8) is 0 Å². The highest BCUT2D eigenvalue weighted by atomic mass is 32.1. The number of thiophene rings is 1. The highest BCUT2D eigenvalue weighted by Gasteiger charge is 2.29. The first-order valence-corrected chi connectivity index (χ1v) is 11.0. The van der Waals surface area contributed by atoms with Crippen molar-refractivity contribution in [1.82, 2.24) is 4.90 Å². The molecule has 6 heteroatoms. The van der Waals surface area contributed by atoms with Gasteiger partial charge in [0, 0.05) is 23.5 Å². The molecule has 0 saturated heterocycles. The minimum Gasteiger partial charge on any atom is -0.462 e. The number of amides is 1. The lowest BCUT2D eigenvalue weighted by molar-refractivity contribution is 0.0526. The van der Waals surface area contributed by atoms with E-state index in [2.05, 4.69) is 37.9 Å². The SMILES string of the molecule is CCOC(=O)c1c(NC(=O)c2ccc(C(C)(C)C)cc2)sc2c1CCN(CC)C2. The number of ether oxygens (including phenoxy) is 1. The number of anilines is 1. The predicted molar refractivity (Wildman–Crippen MR) is 118 cm³/mol. The maximum Gasteiger partial charge on any atom is 0.341 e. The van der Waals surface area contributed by atoms with Crippen LogP contribution in [-0.4, -0.2) is 36.5 Å². The molecule has 29 heavy (non-hydrogen) atoms. The van der Waals surface area contributed by atoms with E-state index in [-0.39, 0.29) is 17.3 Å². The van der Waals surface area contributed by atoms with E-state index in [4.69, 9.17) is 4.74 Å². The maximum atomic E-state index is 12.9. The lowest BCUT2D eigenvalue weighted by Crippen LogP contribution is -2.30. The van der Waals surface area contributed by atoms with Gasteiger partial charge in [-0.05, 0) is 48.6 Å². The Bertz CT molecular complexity index is 894. The van der Waals surface area contributed by atoms with E-state index in [0.717, 1.165) is 36.5 Å². The number of benzene rings is 1. The number of hydrogen-bond acceptors (Lipinski definition) is 5. The normalized spacial score (nSPS) is 14.4. The molecular formula is C23H30N2O3S. The van der Waals surface area contributed by atoms with Gasteiger partial charge in [0.1, 0.15) is 5.00 Å². The molecule has 0 saturated carbocycles. The van der Waals surface area contributed by atoms with Crippen molar-refractivity contribution in [2.75, 3.05) is 25.0 Å². The molecule has 2 heterocycles. The van der Waals surface area contributed by atoms with Gasteiger partial charge in [-0.15, -0.1) is 11.3 Å². The Labute approximate surface area is 177 Å². The Morgan fingerprint density at radius 3 is 2.45 bits per heavy atom. The first kappa shape index (κ1) is 21.5. The molecule has 1 amide bonds. The van der Waals surface area contributed by atoms with Gasteiger partial charge < -0.3 is 10.1 Å². The second-order valence-corrected chi connectivity index (χ2v) is 9.43. The van der Waals surface area contributed by atoms with Crippen molar-refractivity contribution in [3.05, 3.63) is 51.4 Å². The summed E-state index contributed by atoms with van der Waals surface area (Å²) in [5, 5.41) is 3.57. The maximum absolute atomic E-state index is 12.9. The molecule has 1 aliphatic rings. The Kier molecular flexibility index (Phi) is 6.44. The summed E-state index contributed by atoms with van der Waals surface area (Å²) in [5.41, 5.74) is 3.34. The second kappa shape index (κ2) is 8.67. The molecule has 0 unspecified atom stereocenters. The topological polar surface area (TPSA) is 58.6 Å². The van der Waals surface area contributed by atoms with E-state index in [0.29, 0.717) is 22.7 Å². The van der Waals surface area contributed by atoms with Crippen LogP contribution in [-0.2, 0) is 23.1 Å². The van der Waals surface area contributed by atoms with Gasteiger partial charge in [0.05, 0.1) is 12.2 Å². The standard InChI is InChI=1S/C23H30N2O3S/c1-6-25-13-12-17-18(14-25)29-21(19(17)22(27)28-7-2)24-20(26)15-8-10-16(11-9-15)23(3,4)5/h8-11H,6-7,12-14H2,1-5H3,(H,24,26). The molecule has 1 aromatic heterocycles. The summed E-state index contributed by atoms with van der Waals surface area (Å²) in [7, 11) is 0. The minimum atomic E-state index is -0.353. The van der Waals surface area contributed by atoms with Crippen molar-refractivity contribution in [3.8, 4) is 0 Å². The number of nitrogens with one attached hydrogen (secondary N) is 1. The van der Waals surface area contributed by atoms with Gasteiger partial charge in [-0.2, -0.15) is 0 Å². The number of fused-ring (bicyclic) bond motifs is 1. The smallest absolute Gasteiger partial charge is 0.341 e. The fourth-order valence-electron chi connectivity index (χ4n) is 3.53. The molecule has 0 aliphatic carbocycles. The zero-order valence-corrected chi connectivity index (χ0v) is 18.7. The number of carbonyl (C=O) groups is 2. The van der Waals surface area contributed by atoms with Crippen LogP contribution in [0.1, 0.15) is 71.3 Å². The molecule has 0 atom stereocenters. The largest absolute Gasteiger partial charge is 0.462 e. The third-order valence-corrected chi connectivity index (χ3v) is 6.44. The number of esters is 1. The van der Waals surface area contributed by atoms with E-state index in [9.17, 15) is 9.59 Å². The second-order valence-electron chi connectivity index (χ2n) is 8.33. The number of carbonyl (C=O) groups excluding carboxylic acids is 2. The van der Waals surface area contributed by atoms with Crippen LogP contribution in [0.3, 0.4) is 0 Å². The lowest BCUT2D eigenvalue weighted by atomic mass is 9.87. The quantitative estimate of drug-likeness (QED) is 0.711. The van der Waals surface area contributed by atoms with Crippen LogP contribution < -0.4 is 5.32 Å². The molecule has 0 fully saturated rings. The Hall–Kier alpha value is -2.18. The van der Waals surface area contributed by atoms with Crippen molar-refractivity contribution in [2.45, 2.75) is 53.0 Å². The first-order chi connectivity index (χ1) is 13.7. The van der Waals surface area contributed by atoms with Gasteiger partial charge in [0.25, 0.3) is 5.91 Å². The van der Waals surface area contributed by atoms with Crippen LogP contribution in [0, 0.1) is 0 Å². The fourth-order valence-corrected chi connectivity index (χ4v) is 4.80. The summed E-state index contributed by atoms with van der Waals surface area (Å²) in [6, 6.07) is 7.65. The van der Waals surface area contributed by atoms with Crippen molar-refractivity contribution in [1.29, 1.82) is 0 Å². The first-order valence-electron chi connectivity index (χ1n) is 10.2. The summed E-state index contributed by atoms with van der Waals surface area (Å²) >= 11 is 1.49. The fraction of sp³-hybridized carbons (Fsp3) is 0.478. The van der Waals surface area contributed by atoms with E-state index in [1.807, 2.05) is 24.3 Å². The Balaban J connectivity index is 1.88. The van der Waals surface area contributed by atoms with E-state index < -0.39 is 0 Å². The van der Waals surface area contributed by atoms with Gasteiger partial charge in [-0.25, -0.2) is 4.79 Å². The number of nitrogens with zero attached hydrogens (tertiary/aromatic N) is 1. The van der Waals surface area contributed by atoms with Crippen LogP contribution >= 0.6 is 11.3 Å². The molecule has 1 aromatic carbocycles. The molecule has 0 spiro atoms. The molecule has 3 rings (SSSR count).